The molecule has 2 fully saturated rings. The van der Waals surface area contributed by atoms with Gasteiger partial charge < -0.3 is 15.4 Å². The maximum atomic E-state index is 13.7. The highest BCUT2D eigenvalue weighted by Crippen LogP contribution is 2.30. The lowest BCUT2D eigenvalue weighted by atomic mass is 10.1. The van der Waals surface area contributed by atoms with Crippen molar-refractivity contribution in [2.24, 2.45) is 0 Å². The second-order valence-corrected chi connectivity index (χ2v) is 6.76. The molecule has 1 aliphatic heterocycles. The van der Waals surface area contributed by atoms with Crippen molar-refractivity contribution in [3.8, 4) is 0 Å². The first-order valence-electron chi connectivity index (χ1n) is 7.77. The van der Waals surface area contributed by atoms with Crippen LogP contribution in [0.3, 0.4) is 0 Å². The highest BCUT2D eigenvalue weighted by atomic mass is 79.9. The molecule has 0 radical (unpaired) electrons. The van der Waals surface area contributed by atoms with Gasteiger partial charge in [-0.05, 0) is 60.2 Å². The fraction of sp³-hybridized carbons (Fsp3) is 0.500. The van der Waals surface area contributed by atoms with E-state index in [1.807, 2.05) is 0 Å². The molecule has 2 N–H and O–H groups in total. The van der Waals surface area contributed by atoms with Crippen molar-refractivity contribution in [1.29, 1.82) is 0 Å². The summed E-state index contributed by atoms with van der Waals surface area (Å²) >= 11 is 3.23. The second kappa shape index (κ2) is 6.97. The molecule has 7 heteroatoms. The van der Waals surface area contributed by atoms with Crippen LogP contribution in [0.25, 0.3) is 0 Å². The lowest BCUT2D eigenvalue weighted by Crippen LogP contribution is -2.34. The monoisotopic (exact) mass is 384 g/mol. The SMILES string of the molecule is O=C(NC1CC1)c1cc(F)cc(Br)c1NC(=O)[C@@H]1CCCCO1. The Hall–Kier alpha value is -1.47. The molecule has 23 heavy (non-hydrogen) atoms. The van der Waals surface area contributed by atoms with Gasteiger partial charge in [0.1, 0.15) is 11.9 Å². The maximum absolute atomic E-state index is 13.7. The smallest absolute Gasteiger partial charge is 0.253 e. The number of nitrogens with one attached hydrogen (secondary N) is 2. The van der Waals surface area contributed by atoms with Gasteiger partial charge in [-0.15, -0.1) is 0 Å². The quantitative estimate of drug-likeness (QED) is 0.838. The van der Waals surface area contributed by atoms with Crippen molar-refractivity contribution in [3.63, 3.8) is 0 Å². The van der Waals surface area contributed by atoms with Crippen LogP contribution in [0.4, 0.5) is 10.1 Å². The number of hydrogen-bond acceptors (Lipinski definition) is 3. The first kappa shape index (κ1) is 16.4. The van der Waals surface area contributed by atoms with E-state index in [4.69, 9.17) is 4.74 Å². The van der Waals surface area contributed by atoms with Crippen molar-refractivity contribution in [1.82, 2.24) is 5.32 Å². The van der Waals surface area contributed by atoms with E-state index in [0.29, 0.717) is 17.5 Å². The van der Waals surface area contributed by atoms with Crippen molar-refractivity contribution in [2.75, 3.05) is 11.9 Å². The van der Waals surface area contributed by atoms with Crippen molar-refractivity contribution < 1.29 is 18.7 Å². The summed E-state index contributed by atoms with van der Waals surface area (Å²) in [5, 5.41) is 5.52. The predicted molar refractivity (Wildman–Crippen MR) is 86.8 cm³/mol. The summed E-state index contributed by atoms with van der Waals surface area (Å²) in [6.45, 7) is 0.553. The highest BCUT2D eigenvalue weighted by Gasteiger charge is 2.28. The Bertz CT molecular complexity index is 628. The normalized spacial score (nSPS) is 20.9. The number of carbonyl (C=O) groups is 2. The average molecular weight is 385 g/mol. The predicted octanol–water partition coefficient (Wildman–Crippen LogP) is 2.99. The summed E-state index contributed by atoms with van der Waals surface area (Å²) in [4.78, 5) is 24.6. The van der Waals surface area contributed by atoms with Gasteiger partial charge >= 0.3 is 0 Å². The Kier molecular flexibility index (Phi) is 4.96. The zero-order chi connectivity index (χ0) is 16.4. The van der Waals surface area contributed by atoms with Crippen LogP contribution in [0.2, 0.25) is 0 Å². The van der Waals surface area contributed by atoms with Gasteiger partial charge in [-0.3, -0.25) is 9.59 Å². The van der Waals surface area contributed by atoms with Crippen LogP contribution in [0, 0.1) is 5.82 Å². The number of carbonyl (C=O) groups excluding carboxylic acids is 2. The van der Waals surface area contributed by atoms with Crippen LogP contribution < -0.4 is 10.6 Å². The molecule has 0 bridgehead atoms. The molecule has 1 aromatic carbocycles. The van der Waals surface area contributed by atoms with Crippen LogP contribution in [-0.2, 0) is 9.53 Å². The molecule has 0 unspecified atom stereocenters. The molecule has 1 heterocycles. The zero-order valence-electron chi connectivity index (χ0n) is 12.5. The Morgan fingerprint density at radius 2 is 2.00 bits per heavy atom. The molecule has 1 aromatic rings. The standard InChI is InChI=1S/C16H18BrFN2O3/c17-12-8-9(18)7-11(15(21)19-10-4-5-10)14(12)20-16(22)13-3-1-2-6-23-13/h7-8,10,13H,1-6H2,(H,19,21)(H,20,22)/t13-/m0/s1. The summed E-state index contributed by atoms with van der Waals surface area (Å²) in [6.07, 6.45) is 3.85. The highest BCUT2D eigenvalue weighted by molar-refractivity contribution is 9.10. The molecule has 2 aliphatic rings. The van der Waals surface area contributed by atoms with E-state index < -0.39 is 11.9 Å². The van der Waals surface area contributed by atoms with E-state index in [9.17, 15) is 14.0 Å². The third-order valence-corrected chi connectivity index (χ3v) is 4.56. The number of benzene rings is 1. The Labute approximate surface area is 142 Å². The number of rotatable bonds is 4. The Morgan fingerprint density at radius 1 is 1.22 bits per heavy atom. The first-order chi connectivity index (χ1) is 11.0. The lowest BCUT2D eigenvalue weighted by Gasteiger charge is -2.22. The third kappa shape index (κ3) is 4.09. The van der Waals surface area contributed by atoms with Crippen LogP contribution in [-0.4, -0.2) is 30.6 Å². The molecule has 3 rings (SSSR count). The third-order valence-electron chi connectivity index (χ3n) is 3.93. The molecule has 1 saturated heterocycles. The minimum atomic E-state index is -0.537. The van der Waals surface area contributed by atoms with E-state index in [1.54, 1.807) is 0 Å². The molecular formula is C16H18BrFN2O3. The van der Waals surface area contributed by atoms with Crippen LogP contribution >= 0.6 is 15.9 Å². The summed E-state index contributed by atoms with van der Waals surface area (Å²) < 4.78 is 19.5. The van der Waals surface area contributed by atoms with Gasteiger partial charge in [0.2, 0.25) is 0 Å². The fourth-order valence-electron chi connectivity index (χ4n) is 2.52. The molecule has 2 amide bonds. The Balaban J connectivity index is 1.81. The minimum absolute atomic E-state index is 0.118. The summed E-state index contributed by atoms with van der Waals surface area (Å²) in [5.41, 5.74) is 0.400. The number of ether oxygens (including phenoxy) is 1. The van der Waals surface area contributed by atoms with Crippen LogP contribution in [0.5, 0.6) is 0 Å². The van der Waals surface area contributed by atoms with Gasteiger partial charge in [0.05, 0.1) is 11.3 Å². The summed E-state index contributed by atoms with van der Waals surface area (Å²) in [6, 6.07) is 2.51. The van der Waals surface area contributed by atoms with E-state index in [-0.39, 0.29) is 29.1 Å². The van der Waals surface area contributed by atoms with Crippen molar-refractivity contribution in [2.45, 2.75) is 44.2 Å². The van der Waals surface area contributed by atoms with Gasteiger partial charge in [0, 0.05) is 17.1 Å². The summed E-state index contributed by atoms with van der Waals surface area (Å²) in [5.74, 6) is -1.23. The topological polar surface area (TPSA) is 67.4 Å². The Morgan fingerprint density at radius 3 is 2.65 bits per heavy atom. The number of amides is 2. The maximum Gasteiger partial charge on any atom is 0.253 e. The lowest BCUT2D eigenvalue weighted by molar-refractivity contribution is -0.129. The van der Waals surface area contributed by atoms with Crippen LogP contribution in [0.1, 0.15) is 42.5 Å². The number of hydrogen-bond donors (Lipinski definition) is 2. The van der Waals surface area contributed by atoms with Gasteiger partial charge in [0.25, 0.3) is 11.8 Å². The molecule has 124 valence electrons. The van der Waals surface area contributed by atoms with Gasteiger partial charge in [-0.1, -0.05) is 0 Å². The molecule has 0 aromatic heterocycles. The molecular weight excluding hydrogens is 367 g/mol. The summed E-state index contributed by atoms with van der Waals surface area (Å²) in [7, 11) is 0. The molecule has 0 spiro atoms. The minimum Gasteiger partial charge on any atom is -0.368 e. The van der Waals surface area contributed by atoms with E-state index in [1.165, 1.54) is 6.07 Å². The van der Waals surface area contributed by atoms with Crippen molar-refractivity contribution in [3.05, 3.63) is 28.0 Å². The second-order valence-electron chi connectivity index (χ2n) is 5.90. The number of anilines is 1. The van der Waals surface area contributed by atoms with E-state index >= 15 is 0 Å². The van der Waals surface area contributed by atoms with Gasteiger partial charge in [-0.25, -0.2) is 4.39 Å². The van der Waals surface area contributed by atoms with E-state index in [0.717, 1.165) is 31.7 Å². The fourth-order valence-corrected chi connectivity index (χ4v) is 3.05. The molecule has 1 aliphatic carbocycles. The molecule has 1 atom stereocenters. The average Bonchev–Trinajstić information content (AvgIpc) is 3.34. The molecule has 1 saturated carbocycles. The van der Waals surface area contributed by atoms with Gasteiger partial charge in [-0.2, -0.15) is 0 Å². The van der Waals surface area contributed by atoms with Crippen LogP contribution in [0.15, 0.2) is 16.6 Å². The zero-order valence-corrected chi connectivity index (χ0v) is 14.1. The first-order valence-corrected chi connectivity index (χ1v) is 8.56. The van der Waals surface area contributed by atoms with Gasteiger partial charge in [0.15, 0.2) is 0 Å². The molecule has 5 nitrogen and oxygen atoms in total. The van der Waals surface area contributed by atoms with E-state index in [2.05, 4.69) is 26.6 Å². The number of halogens is 2. The largest absolute Gasteiger partial charge is 0.368 e. The van der Waals surface area contributed by atoms with Crippen molar-refractivity contribution >= 4 is 33.4 Å².